The van der Waals surface area contributed by atoms with Gasteiger partial charge in [-0.2, -0.15) is 4.98 Å². The van der Waals surface area contributed by atoms with Crippen LogP contribution in [0.3, 0.4) is 0 Å². The first-order chi connectivity index (χ1) is 15.1. The van der Waals surface area contributed by atoms with Crippen molar-refractivity contribution in [3.05, 3.63) is 77.5 Å². The number of hydrogen-bond donors (Lipinski definition) is 0. The smallest absolute Gasteiger partial charge is 0.226 e. The quantitative estimate of drug-likeness (QED) is 0.391. The highest BCUT2D eigenvalue weighted by Gasteiger charge is 2.24. The van der Waals surface area contributed by atoms with Crippen molar-refractivity contribution in [2.45, 2.75) is 72.6 Å². The molecule has 0 aliphatic heterocycles. The van der Waals surface area contributed by atoms with Crippen molar-refractivity contribution in [3.63, 3.8) is 0 Å². The van der Waals surface area contributed by atoms with Crippen LogP contribution in [0.2, 0.25) is 0 Å². The first-order valence-electron chi connectivity index (χ1n) is 11.5. The fourth-order valence-corrected chi connectivity index (χ4v) is 3.25. The molecule has 0 saturated heterocycles. The Labute approximate surface area is 187 Å². The largest absolute Gasteiger partial charge is 0.339 e. The van der Waals surface area contributed by atoms with Crippen molar-refractivity contribution in [1.29, 1.82) is 0 Å². The summed E-state index contributed by atoms with van der Waals surface area (Å²) in [7, 11) is 0. The summed E-state index contributed by atoms with van der Waals surface area (Å²) >= 11 is 0. The summed E-state index contributed by atoms with van der Waals surface area (Å²) in [5.41, 5.74) is 3.58. The summed E-state index contributed by atoms with van der Waals surface area (Å²) in [5.74, 6) is 2.46. The molecule has 4 heteroatoms. The molecule has 0 amide bonds. The summed E-state index contributed by atoms with van der Waals surface area (Å²) < 4.78 is 5.20. The van der Waals surface area contributed by atoms with E-state index in [1.807, 2.05) is 57.2 Å². The number of aryl methyl sites for hydroxylation is 1. The number of nitrogens with zero attached hydrogens (tertiary/aromatic N) is 2. The van der Waals surface area contributed by atoms with Crippen molar-refractivity contribution in [3.8, 4) is 0 Å². The Balaban J connectivity index is 0.000000245. The van der Waals surface area contributed by atoms with Gasteiger partial charge in [0.25, 0.3) is 0 Å². The van der Waals surface area contributed by atoms with Gasteiger partial charge < -0.3 is 4.52 Å². The normalized spacial score (nSPS) is 14.5. The van der Waals surface area contributed by atoms with Crippen LogP contribution < -0.4 is 0 Å². The van der Waals surface area contributed by atoms with Gasteiger partial charge in [-0.3, -0.25) is 4.79 Å². The average Bonchev–Trinajstić information content (AvgIpc) is 3.51. The van der Waals surface area contributed by atoms with Crippen molar-refractivity contribution < 1.29 is 9.32 Å². The lowest BCUT2D eigenvalue weighted by atomic mass is 10.1. The second-order valence-electron chi connectivity index (χ2n) is 7.80. The number of benzene rings is 1. The predicted octanol–water partition coefficient (Wildman–Crippen LogP) is 6.94. The van der Waals surface area contributed by atoms with Crippen molar-refractivity contribution >= 4 is 11.4 Å². The molecule has 3 rings (SSSR count). The third kappa shape index (κ3) is 8.87. The van der Waals surface area contributed by atoms with Crippen molar-refractivity contribution in [2.75, 3.05) is 0 Å². The van der Waals surface area contributed by atoms with Gasteiger partial charge in [0.05, 0.1) is 0 Å². The van der Waals surface area contributed by atoms with Gasteiger partial charge in [0, 0.05) is 24.8 Å². The molecule has 1 fully saturated rings. The second-order valence-corrected chi connectivity index (χ2v) is 7.80. The molecule has 1 aromatic heterocycles. The molecule has 0 unspecified atom stereocenters. The number of carbonyl (C=O) groups is 1. The van der Waals surface area contributed by atoms with Gasteiger partial charge in [-0.1, -0.05) is 74.5 Å². The fourth-order valence-electron chi connectivity index (χ4n) is 3.25. The number of carbonyl (C=O) groups excluding carboxylic acids is 1. The molecule has 1 saturated carbocycles. The molecule has 0 atom stereocenters. The Morgan fingerprint density at radius 2 is 1.90 bits per heavy atom. The number of rotatable bonds is 10. The maximum Gasteiger partial charge on any atom is 0.226 e. The van der Waals surface area contributed by atoms with Crippen LogP contribution in [0.25, 0.3) is 5.57 Å². The Bertz CT molecular complexity index is 887. The minimum atomic E-state index is 0.337. The van der Waals surface area contributed by atoms with E-state index in [1.54, 1.807) is 0 Å². The summed E-state index contributed by atoms with van der Waals surface area (Å²) in [6, 6.07) is 9.89. The minimum Gasteiger partial charge on any atom is -0.339 e. The molecule has 0 radical (unpaired) electrons. The maximum atomic E-state index is 11.2. The van der Waals surface area contributed by atoms with Crippen LogP contribution >= 0.6 is 0 Å². The third-order valence-corrected chi connectivity index (χ3v) is 4.96. The zero-order valence-electron chi connectivity index (χ0n) is 19.4. The molecule has 1 aliphatic carbocycles. The van der Waals surface area contributed by atoms with Crippen molar-refractivity contribution in [2.24, 2.45) is 5.92 Å². The number of Topliss-reactive ketones (excluding diaryl/α,β-unsaturated/α-hetero) is 1. The fraction of sp³-hybridized carbons (Fsp3) is 0.444. The number of aromatic nitrogens is 2. The highest BCUT2D eigenvalue weighted by molar-refractivity contribution is 5.80. The maximum absolute atomic E-state index is 11.2. The van der Waals surface area contributed by atoms with E-state index >= 15 is 0 Å². The summed E-state index contributed by atoms with van der Waals surface area (Å²) in [4.78, 5) is 15.6. The number of hydrogen-bond acceptors (Lipinski definition) is 4. The lowest BCUT2D eigenvalue weighted by Gasteiger charge is -2.01. The molecule has 4 nitrogen and oxygen atoms in total. The van der Waals surface area contributed by atoms with E-state index in [9.17, 15) is 4.79 Å². The lowest BCUT2D eigenvalue weighted by molar-refractivity contribution is -0.118. The standard InChI is InChI=1S/C16H22N2O.C11H14O/c1-4-7-13(12-9-10-12)11-14(8-5-2)16-17-15(6-3)19-18-16;1-2-6-11(12)9-10-7-4-3-5-8-10/h5,7-8,11-12H,4,6,9-10H2,1-3H3;3-5,7-8H,2,6,9H2,1H3/b8-5-,13-7-,14-11+;. The molecule has 0 spiro atoms. The number of ketones is 1. The summed E-state index contributed by atoms with van der Waals surface area (Å²) in [5, 5.41) is 4.07. The Kier molecular flexibility index (Phi) is 10.7. The lowest BCUT2D eigenvalue weighted by Crippen LogP contribution is -2.00. The molecule has 31 heavy (non-hydrogen) atoms. The van der Waals surface area contributed by atoms with E-state index in [-0.39, 0.29) is 0 Å². The van der Waals surface area contributed by atoms with Crippen LogP contribution in [0.15, 0.2) is 64.7 Å². The van der Waals surface area contributed by atoms with E-state index in [2.05, 4.69) is 35.3 Å². The van der Waals surface area contributed by atoms with E-state index in [0.29, 0.717) is 30.3 Å². The minimum absolute atomic E-state index is 0.337. The van der Waals surface area contributed by atoms with Gasteiger partial charge in [-0.05, 0) is 55.7 Å². The predicted molar refractivity (Wildman–Crippen MR) is 128 cm³/mol. The molecule has 166 valence electrons. The first-order valence-corrected chi connectivity index (χ1v) is 11.5. The van der Waals surface area contributed by atoms with Gasteiger partial charge in [0.2, 0.25) is 11.7 Å². The van der Waals surface area contributed by atoms with E-state index < -0.39 is 0 Å². The third-order valence-electron chi connectivity index (χ3n) is 4.96. The average molecular weight is 421 g/mol. The van der Waals surface area contributed by atoms with Gasteiger partial charge in [-0.15, -0.1) is 0 Å². The van der Waals surface area contributed by atoms with Crippen LogP contribution in [0.4, 0.5) is 0 Å². The van der Waals surface area contributed by atoms with E-state index in [0.717, 1.165) is 36.3 Å². The Hall–Kier alpha value is -2.75. The van der Waals surface area contributed by atoms with Crippen LogP contribution in [-0.4, -0.2) is 15.9 Å². The molecule has 1 heterocycles. The van der Waals surface area contributed by atoms with E-state index in [1.165, 1.54) is 18.4 Å². The molecular weight excluding hydrogens is 384 g/mol. The zero-order chi connectivity index (χ0) is 22.5. The summed E-state index contributed by atoms with van der Waals surface area (Å²) in [6.07, 6.45) is 15.3. The van der Waals surface area contributed by atoms with Crippen LogP contribution in [-0.2, 0) is 17.6 Å². The molecular formula is C27H36N2O2. The van der Waals surface area contributed by atoms with Crippen LogP contribution in [0.5, 0.6) is 0 Å². The zero-order valence-corrected chi connectivity index (χ0v) is 19.4. The van der Waals surface area contributed by atoms with Gasteiger partial charge in [0.1, 0.15) is 5.78 Å². The Morgan fingerprint density at radius 3 is 2.45 bits per heavy atom. The van der Waals surface area contributed by atoms with E-state index in [4.69, 9.17) is 4.52 Å². The molecule has 1 aromatic carbocycles. The van der Waals surface area contributed by atoms with Gasteiger partial charge in [0.15, 0.2) is 0 Å². The van der Waals surface area contributed by atoms with Crippen molar-refractivity contribution in [1.82, 2.24) is 10.1 Å². The molecule has 0 N–H and O–H groups in total. The molecule has 1 aliphatic rings. The molecule has 0 bridgehead atoms. The van der Waals surface area contributed by atoms with Crippen LogP contribution in [0.1, 0.15) is 77.1 Å². The monoisotopic (exact) mass is 420 g/mol. The van der Waals surface area contributed by atoms with Gasteiger partial charge in [-0.25, -0.2) is 0 Å². The first kappa shape index (κ1) is 24.5. The molecule has 2 aromatic rings. The van der Waals surface area contributed by atoms with Gasteiger partial charge >= 0.3 is 0 Å². The second kappa shape index (κ2) is 13.5. The highest BCUT2D eigenvalue weighted by Crippen LogP contribution is 2.38. The Morgan fingerprint density at radius 1 is 1.16 bits per heavy atom. The SMILES string of the molecule is CCCC(=O)Cc1ccccc1.C\C=C/C(=C\C(=C\CC)C1CC1)c1noc(CC)n1. The summed E-state index contributed by atoms with van der Waals surface area (Å²) in [6.45, 7) is 8.23. The topological polar surface area (TPSA) is 56.0 Å². The highest BCUT2D eigenvalue weighted by atomic mass is 16.5. The van der Waals surface area contributed by atoms with Crippen LogP contribution in [0, 0.1) is 5.92 Å². The number of allylic oxidation sites excluding steroid dienone is 6.